The fraction of sp³-hybridized carbons (Fsp3) is 0.429. The summed E-state index contributed by atoms with van der Waals surface area (Å²) in [6.45, 7) is -0.450. The maximum absolute atomic E-state index is 12.9. The van der Waals surface area contributed by atoms with Crippen LogP contribution in [-0.2, 0) is 35.2 Å². The van der Waals surface area contributed by atoms with Crippen LogP contribution in [0.25, 0.3) is 0 Å². The third-order valence-corrected chi connectivity index (χ3v) is 4.66. The Morgan fingerprint density at radius 1 is 0.735 bits per heavy atom. The number of hydrogen-bond acceptors (Lipinski definition) is 7. The molecule has 0 aliphatic rings. The highest BCUT2D eigenvalue weighted by Crippen LogP contribution is 2.07. The van der Waals surface area contributed by atoms with E-state index in [4.69, 9.17) is 15.9 Å². The van der Waals surface area contributed by atoms with E-state index in [-0.39, 0.29) is 19.3 Å². The van der Waals surface area contributed by atoms with Crippen LogP contribution in [0, 0.1) is 0 Å². The minimum Gasteiger partial charge on any atom is -0.481 e. The van der Waals surface area contributed by atoms with Gasteiger partial charge in [-0.3, -0.25) is 24.0 Å². The number of aliphatic carboxylic acids is 3. The highest BCUT2D eigenvalue weighted by Gasteiger charge is 2.30. The molecule has 0 radical (unpaired) electrons. The summed E-state index contributed by atoms with van der Waals surface area (Å²) >= 11 is 0. The molecule has 0 spiro atoms. The molecule has 0 aliphatic carbocycles. The molecule has 8 N–H and O–H groups in total. The molecule has 0 fully saturated rings. The van der Waals surface area contributed by atoms with Crippen LogP contribution in [0.3, 0.4) is 0 Å². The summed E-state index contributed by atoms with van der Waals surface area (Å²) in [6.07, 6.45) is -1.66. The minimum atomic E-state index is -1.52. The van der Waals surface area contributed by atoms with Gasteiger partial charge in [-0.25, -0.2) is 4.79 Å². The number of benzene rings is 1. The first-order valence-electron chi connectivity index (χ1n) is 10.3. The Bertz CT molecular complexity index is 891. The number of rotatable bonds is 15. The Labute approximate surface area is 194 Å². The van der Waals surface area contributed by atoms with E-state index in [1.807, 2.05) is 0 Å². The summed E-state index contributed by atoms with van der Waals surface area (Å²) in [4.78, 5) is 70.5. The van der Waals surface area contributed by atoms with Gasteiger partial charge in [0.15, 0.2) is 0 Å². The van der Waals surface area contributed by atoms with Crippen molar-refractivity contribution in [3.05, 3.63) is 35.9 Å². The van der Waals surface area contributed by atoms with Crippen molar-refractivity contribution in [2.24, 2.45) is 5.73 Å². The number of nitrogens with two attached hydrogens (primary N) is 1. The lowest BCUT2D eigenvalue weighted by molar-refractivity contribution is -0.143. The smallest absolute Gasteiger partial charge is 0.326 e. The van der Waals surface area contributed by atoms with E-state index in [9.17, 15) is 33.9 Å². The van der Waals surface area contributed by atoms with Crippen LogP contribution >= 0.6 is 0 Å². The van der Waals surface area contributed by atoms with Crippen LogP contribution in [0.2, 0.25) is 0 Å². The van der Waals surface area contributed by atoms with Gasteiger partial charge in [0.2, 0.25) is 17.7 Å². The fourth-order valence-electron chi connectivity index (χ4n) is 2.92. The number of nitrogens with one attached hydrogen (secondary N) is 3. The first-order valence-corrected chi connectivity index (χ1v) is 10.3. The number of carbonyl (C=O) groups excluding carboxylic acids is 3. The van der Waals surface area contributed by atoms with Crippen molar-refractivity contribution in [3.8, 4) is 0 Å². The number of amides is 3. The van der Waals surface area contributed by atoms with Crippen molar-refractivity contribution in [3.63, 3.8) is 0 Å². The van der Waals surface area contributed by atoms with E-state index in [2.05, 4.69) is 16.0 Å². The summed E-state index contributed by atoms with van der Waals surface area (Å²) < 4.78 is 0. The molecule has 0 saturated carbocycles. The van der Waals surface area contributed by atoms with Crippen molar-refractivity contribution in [1.82, 2.24) is 16.0 Å². The Morgan fingerprint density at radius 3 is 1.74 bits per heavy atom. The van der Waals surface area contributed by atoms with Gasteiger partial charge in [0.05, 0.1) is 6.54 Å². The van der Waals surface area contributed by atoms with Gasteiger partial charge in [0, 0.05) is 19.3 Å². The summed E-state index contributed by atoms with van der Waals surface area (Å²) in [7, 11) is 0. The average Bonchev–Trinajstić information content (AvgIpc) is 2.78. The molecule has 0 heterocycles. The number of hydrogen-bond donors (Lipinski definition) is 7. The van der Waals surface area contributed by atoms with Crippen molar-refractivity contribution in [2.75, 3.05) is 6.54 Å². The molecule has 1 rings (SSSR count). The predicted molar refractivity (Wildman–Crippen MR) is 116 cm³/mol. The van der Waals surface area contributed by atoms with E-state index in [0.717, 1.165) is 0 Å². The lowest BCUT2D eigenvalue weighted by atomic mass is 10.0. The van der Waals surface area contributed by atoms with Crippen LogP contribution in [0.4, 0.5) is 0 Å². The van der Waals surface area contributed by atoms with Gasteiger partial charge in [-0.1, -0.05) is 30.3 Å². The standard InChI is InChI=1S/C21H28N4O9/c22-11-16(26)23-13(6-8-17(27)28)19(31)25-15(10-12-4-2-1-3-5-12)20(32)24-14(21(33)34)7-9-18(29)30/h1-5,13-15H,6-11,22H2,(H,23,26)(H,24,32)(H,25,31)(H,27,28)(H,29,30)(H,33,34). The molecule has 3 atom stereocenters. The normalized spacial score (nSPS) is 13.1. The van der Waals surface area contributed by atoms with Crippen molar-refractivity contribution < 1.29 is 44.1 Å². The molecule has 3 unspecified atom stereocenters. The topological polar surface area (TPSA) is 225 Å². The molecule has 186 valence electrons. The highest BCUT2D eigenvalue weighted by molar-refractivity contribution is 5.94. The molecule has 34 heavy (non-hydrogen) atoms. The Morgan fingerprint density at radius 2 is 1.24 bits per heavy atom. The molecule has 0 aromatic heterocycles. The summed E-state index contributed by atoms with van der Waals surface area (Å²) in [5, 5.41) is 34.0. The van der Waals surface area contributed by atoms with Gasteiger partial charge in [-0.05, 0) is 18.4 Å². The van der Waals surface area contributed by atoms with Crippen molar-refractivity contribution in [2.45, 2.75) is 50.2 Å². The van der Waals surface area contributed by atoms with Gasteiger partial charge in [0.25, 0.3) is 0 Å². The summed E-state index contributed by atoms with van der Waals surface area (Å²) in [5.41, 5.74) is 5.86. The number of carboxylic acid groups (broad SMARTS) is 3. The van der Waals surface area contributed by atoms with Crippen LogP contribution in [0.5, 0.6) is 0 Å². The summed E-state index contributed by atoms with van der Waals surface area (Å²) in [5.74, 6) is -6.37. The van der Waals surface area contributed by atoms with Crippen LogP contribution in [0.1, 0.15) is 31.2 Å². The molecule has 13 heteroatoms. The van der Waals surface area contributed by atoms with Gasteiger partial charge in [-0.15, -0.1) is 0 Å². The average molecular weight is 480 g/mol. The SMILES string of the molecule is NCC(=O)NC(CCC(=O)O)C(=O)NC(Cc1ccccc1)C(=O)NC(CCC(=O)O)C(=O)O. The Kier molecular flexibility index (Phi) is 11.7. The fourth-order valence-corrected chi connectivity index (χ4v) is 2.92. The van der Waals surface area contributed by atoms with Gasteiger partial charge in [-0.2, -0.15) is 0 Å². The van der Waals surface area contributed by atoms with Crippen molar-refractivity contribution in [1.29, 1.82) is 0 Å². The Balaban J connectivity index is 3.08. The van der Waals surface area contributed by atoms with Crippen LogP contribution < -0.4 is 21.7 Å². The van der Waals surface area contributed by atoms with E-state index in [1.54, 1.807) is 30.3 Å². The monoisotopic (exact) mass is 480 g/mol. The van der Waals surface area contributed by atoms with E-state index in [0.29, 0.717) is 5.56 Å². The molecule has 0 aliphatic heterocycles. The first kappa shape index (κ1) is 28.0. The second-order valence-electron chi connectivity index (χ2n) is 7.34. The molecule has 1 aromatic carbocycles. The maximum Gasteiger partial charge on any atom is 0.326 e. The molecule has 1 aromatic rings. The Hall–Kier alpha value is -4.00. The van der Waals surface area contributed by atoms with Gasteiger partial charge >= 0.3 is 17.9 Å². The van der Waals surface area contributed by atoms with Gasteiger partial charge in [0.1, 0.15) is 18.1 Å². The highest BCUT2D eigenvalue weighted by atomic mass is 16.4. The van der Waals surface area contributed by atoms with Gasteiger partial charge < -0.3 is 37.0 Å². The molecular formula is C21H28N4O9. The second-order valence-corrected chi connectivity index (χ2v) is 7.34. The third-order valence-electron chi connectivity index (χ3n) is 4.66. The minimum absolute atomic E-state index is 0.0554. The first-order chi connectivity index (χ1) is 16.0. The zero-order chi connectivity index (χ0) is 25.7. The van der Waals surface area contributed by atoms with Crippen molar-refractivity contribution >= 4 is 35.6 Å². The largest absolute Gasteiger partial charge is 0.481 e. The summed E-state index contributed by atoms with van der Waals surface area (Å²) in [6, 6.07) is 4.33. The quantitative estimate of drug-likeness (QED) is 0.153. The number of carbonyl (C=O) groups is 6. The zero-order valence-corrected chi connectivity index (χ0v) is 18.2. The molecule has 0 bridgehead atoms. The molecule has 0 saturated heterocycles. The maximum atomic E-state index is 12.9. The van der Waals surface area contributed by atoms with E-state index < -0.39 is 73.1 Å². The second kappa shape index (κ2) is 14.2. The third kappa shape index (κ3) is 10.5. The molecule has 3 amide bonds. The molecular weight excluding hydrogens is 452 g/mol. The number of carboxylic acids is 3. The lowest BCUT2D eigenvalue weighted by Crippen LogP contribution is -2.57. The van der Waals surface area contributed by atoms with E-state index in [1.165, 1.54) is 0 Å². The predicted octanol–water partition coefficient (Wildman–Crippen LogP) is -1.54. The van der Waals surface area contributed by atoms with E-state index >= 15 is 0 Å². The van der Waals surface area contributed by atoms with Crippen LogP contribution in [-0.4, -0.2) is 75.6 Å². The zero-order valence-electron chi connectivity index (χ0n) is 18.2. The molecule has 13 nitrogen and oxygen atoms in total. The lowest BCUT2D eigenvalue weighted by Gasteiger charge is -2.24. The van der Waals surface area contributed by atoms with Crippen LogP contribution in [0.15, 0.2) is 30.3 Å².